The number of nitrogens with zero attached hydrogens (tertiary/aromatic N) is 2. The number of ether oxygens (including phenoxy) is 1. The third-order valence-electron chi connectivity index (χ3n) is 4.26. The molecule has 1 aromatic heterocycles. The predicted octanol–water partition coefficient (Wildman–Crippen LogP) is 2.80. The van der Waals surface area contributed by atoms with Gasteiger partial charge in [-0.3, -0.25) is 4.79 Å². The summed E-state index contributed by atoms with van der Waals surface area (Å²) in [7, 11) is -2.47. The molecule has 0 radical (unpaired) electrons. The molecule has 0 fully saturated rings. The molecule has 0 saturated heterocycles. The Morgan fingerprint density at radius 2 is 1.83 bits per heavy atom. The van der Waals surface area contributed by atoms with Gasteiger partial charge >= 0.3 is 0 Å². The van der Waals surface area contributed by atoms with Crippen LogP contribution >= 0.6 is 0 Å². The maximum Gasteiger partial charge on any atom is 0.264 e. The quantitative estimate of drug-likeness (QED) is 0.631. The van der Waals surface area contributed by atoms with Crippen molar-refractivity contribution < 1.29 is 22.4 Å². The highest BCUT2D eigenvalue weighted by atomic mass is 32.2. The number of benzene rings is 2. The highest BCUT2D eigenvalue weighted by Gasteiger charge is 2.19. The second-order valence-corrected chi connectivity index (χ2v) is 8.21. The van der Waals surface area contributed by atoms with Crippen LogP contribution in [0.25, 0.3) is 11.5 Å². The first-order valence-corrected chi connectivity index (χ1v) is 10.4. The molecule has 3 aromatic rings. The summed E-state index contributed by atoms with van der Waals surface area (Å²) in [6.45, 7) is 3.70. The van der Waals surface area contributed by atoms with E-state index in [9.17, 15) is 13.2 Å². The Bertz CT molecular complexity index is 1120. The van der Waals surface area contributed by atoms with E-state index in [1.54, 1.807) is 13.0 Å². The Balaban J connectivity index is 1.61. The Hall–Kier alpha value is -3.20. The van der Waals surface area contributed by atoms with Crippen molar-refractivity contribution in [3.05, 3.63) is 59.5 Å². The average Bonchev–Trinajstić information content (AvgIpc) is 3.15. The van der Waals surface area contributed by atoms with Crippen LogP contribution in [0.5, 0.6) is 5.75 Å². The number of rotatable bonds is 7. The van der Waals surface area contributed by atoms with Crippen LogP contribution in [0.1, 0.15) is 23.4 Å². The number of hydrogen-bond donors (Lipinski definition) is 1. The predicted molar refractivity (Wildman–Crippen MR) is 106 cm³/mol. The van der Waals surface area contributed by atoms with E-state index in [0.29, 0.717) is 17.2 Å². The number of nitrogens with one attached hydrogen (secondary N) is 1. The molecule has 2 aromatic carbocycles. The van der Waals surface area contributed by atoms with Gasteiger partial charge in [0.2, 0.25) is 17.7 Å². The molecule has 0 aliphatic heterocycles. The van der Waals surface area contributed by atoms with Crippen LogP contribution in [0.4, 0.5) is 0 Å². The summed E-state index contributed by atoms with van der Waals surface area (Å²) in [4.78, 5) is 12.1. The van der Waals surface area contributed by atoms with E-state index < -0.39 is 15.9 Å². The van der Waals surface area contributed by atoms with E-state index in [1.807, 2.05) is 31.2 Å². The van der Waals surface area contributed by atoms with Gasteiger partial charge in [0, 0.05) is 18.4 Å². The van der Waals surface area contributed by atoms with E-state index in [0.717, 1.165) is 11.1 Å². The molecule has 9 heteroatoms. The van der Waals surface area contributed by atoms with Gasteiger partial charge in [-0.1, -0.05) is 17.7 Å². The fourth-order valence-corrected chi connectivity index (χ4v) is 3.76. The number of amides is 1. The molecule has 0 unspecified atom stereocenters. The zero-order chi connectivity index (χ0) is 21.0. The minimum Gasteiger partial charge on any atom is -0.496 e. The fourth-order valence-electron chi connectivity index (χ4n) is 2.67. The molecule has 0 spiro atoms. The molecule has 0 aliphatic rings. The third-order valence-corrected chi connectivity index (χ3v) is 5.63. The summed E-state index contributed by atoms with van der Waals surface area (Å²) >= 11 is 0. The van der Waals surface area contributed by atoms with Crippen molar-refractivity contribution in [2.24, 2.45) is 0 Å². The van der Waals surface area contributed by atoms with Crippen LogP contribution in [-0.4, -0.2) is 31.6 Å². The lowest BCUT2D eigenvalue weighted by molar-refractivity contribution is -0.119. The van der Waals surface area contributed by atoms with Crippen LogP contribution in [0, 0.1) is 13.8 Å². The van der Waals surface area contributed by atoms with Gasteiger partial charge in [0.1, 0.15) is 5.75 Å². The molecule has 0 saturated carbocycles. The molecule has 0 bridgehead atoms. The third kappa shape index (κ3) is 5.00. The van der Waals surface area contributed by atoms with Crippen molar-refractivity contribution >= 4 is 15.9 Å². The van der Waals surface area contributed by atoms with Crippen LogP contribution in [0.15, 0.2) is 51.8 Å². The number of aryl methyl sites for hydroxylation is 3. The van der Waals surface area contributed by atoms with Crippen LogP contribution in [-0.2, 0) is 21.2 Å². The minimum absolute atomic E-state index is 0.0106. The largest absolute Gasteiger partial charge is 0.496 e. The molecule has 152 valence electrons. The normalized spacial score (nSPS) is 11.3. The van der Waals surface area contributed by atoms with Crippen molar-refractivity contribution in [1.82, 2.24) is 14.9 Å². The molecule has 1 heterocycles. The van der Waals surface area contributed by atoms with Gasteiger partial charge in [-0.2, -0.15) is 0 Å². The topological polar surface area (TPSA) is 111 Å². The lowest BCUT2D eigenvalue weighted by Gasteiger charge is -2.09. The van der Waals surface area contributed by atoms with Gasteiger partial charge in [0.25, 0.3) is 10.0 Å². The number of hydrogen-bond acceptors (Lipinski definition) is 7. The first kappa shape index (κ1) is 20.5. The molecular formula is C20H21N3O5S. The first-order valence-electron chi connectivity index (χ1n) is 8.88. The van der Waals surface area contributed by atoms with Crippen molar-refractivity contribution in [1.29, 1.82) is 0 Å². The number of carbonyl (C=O) groups excluding carboxylic acids is 1. The van der Waals surface area contributed by atoms with Gasteiger partial charge in [-0.25, -0.2) is 13.1 Å². The standard InChI is InChI=1S/C20H21N3O5S/c1-13-4-6-15(7-5-13)20-22-21-19(28-20)11-10-18(24)23-29(25,26)16-8-9-17(27-3)14(2)12-16/h4-9,12H,10-11H2,1-3H3,(H,23,24). The van der Waals surface area contributed by atoms with Gasteiger partial charge in [-0.05, 0) is 49.7 Å². The summed E-state index contributed by atoms with van der Waals surface area (Å²) in [5.74, 6) is 0.514. The fraction of sp³-hybridized carbons (Fsp3) is 0.250. The van der Waals surface area contributed by atoms with Gasteiger partial charge in [0.05, 0.1) is 12.0 Å². The monoisotopic (exact) mass is 415 g/mol. The van der Waals surface area contributed by atoms with E-state index in [2.05, 4.69) is 14.9 Å². The Morgan fingerprint density at radius 1 is 1.10 bits per heavy atom. The zero-order valence-corrected chi connectivity index (χ0v) is 17.1. The molecule has 29 heavy (non-hydrogen) atoms. The number of methoxy groups -OCH3 is 1. The minimum atomic E-state index is -3.97. The second-order valence-electron chi connectivity index (χ2n) is 6.53. The van der Waals surface area contributed by atoms with E-state index in [-0.39, 0.29) is 23.6 Å². The van der Waals surface area contributed by atoms with Crippen LogP contribution in [0.3, 0.4) is 0 Å². The number of sulfonamides is 1. The van der Waals surface area contributed by atoms with Gasteiger partial charge < -0.3 is 9.15 Å². The summed E-state index contributed by atoms with van der Waals surface area (Å²) in [5, 5.41) is 7.88. The molecular weight excluding hydrogens is 394 g/mol. The Labute approximate surface area is 169 Å². The summed E-state index contributed by atoms with van der Waals surface area (Å²) < 4.78 is 37.5. The lowest BCUT2D eigenvalue weighted by Crippen LogP contribution is -2.30. The lowest BCUT2D eigenvalue weighted by atomic mass is 10.1. The maximum absolute atomic E-state index is 12.4. The van der Waals surface area contributed by atoms with E-state index in [4.69, 9.17) is 9.15 Å². The van der Waals surface area contributed by atoms with Crippen molar-refractivity contribution in [2.45, 2.75) is 31.6 Å². The van der Waals surface area contributed by atoms with Crippen molar-refractivity contribution in [3.8, 4) is 17.2 Å². The van der Waals surface area contributed by atoms with Crippen LogP contribution < -0.4 is 9.46 Å². The number of aromatic nitrogens is 2. The molecule has 3 rings (SSSR count). The van der Waals surface area contributed by atoms with Crippen molar-refractivity contribution in [3.63, 3.8) is 0 Å². The van der Waals surface area contributed by atoms with E-state index in [1.165, 1.54) is 19.2 Å². The maximum atomic E-state index is 12.4. The summed E-state index contributed by atoms with van der Waals surface area (Å²) in [6.07, 6.45) is 0.0196. The Morgan fingerprint density at radius 3 is 2.48 bits per heavy atom. The van der Waals surface area contributed by atoms with Crippen LogP contribution in [0.2, 0.25) is 0 Å². The zero-order valence-electron chi connectivity index (χ0n) is 16.3. The summed E-state index contributed by atoms with van der Waals surface area (Å²) in [5.41, 5.74) is 2.53. The molecule has 1 amide bonds. The number of carbonyl (C=O) groups is 1. The second kappa shape index (κ2) is 8.44. The van der Waals surface area contributed by atoms with Crippen molar-refractivity contribution in [2.75, 3.05) is 7.11 Å². The molecule has 1 N–H and O–H groups in total. The van der Waals surface area contributed by atoms with E-state index >= 15 is 0 Å². The van der Waals surface area contributed by atoms with Gasteiger partial charge in [0.15, 0.2) is 0 Å². The SMILES string of the molecule is COc1ccc(S(=O)(=O)NC(=O)CCc2nnc(-c3ccc(C)cc3)o2)cc1C. The summed E-state index contributed by atoms with van der Waals surface area (Å²) in [6, 6.07) is 12.0. The van der Waals surface area contributed by atoms with Gasteiger partial charge in [-0.15, -0.1) is 10.2 Å². The first-order chi connectivity index (χ1) is 13.8. The molecule has 0 aliphatic carbocycles. The molecule has 8 nitrogen and oxygen atoms in total. The Kier molecular flexibility index (Phi) is 5.97. The average molecular weight is 415 g/mol. The highest BCUT2D eigenvalue weighted by molar-refractivity contribution is 7.90. The smallest absolute Gasteiger partial charge is 0.264 e. The molecule has 0 atom stereocenters. The highest BCUT2D eigenvalue weighted by Crippen LogP contribution is 2.21.